The zero-order chi connectivity index (χ0) is 19.7. The number of thioether (sulfide) groups is 1. The largest absolute Gasteiger partial charge is 0.454 e. The molecule has 4 rings (SSSR count). The molecule has 0 amide bonds. The molecule has 4 aromatic rings. The van der Waals surface area contributed by atoms with Crippen molar-refractivity contribution in [2.24, 2.45) is 0 Å². The molecule has 0 bridgehead atoms. The van der Waals surface area contributed by atoms with Crippen LogP contribution in [0.2, 0.25) is 0 Å². The average molecular weight is 410 g/mol. The zero-order valence-electron chi connectivity index (χ0n) is 16.2. The molecule has 0 fully saturated rings. The molecule has 0 saturated heterocycles. The summed E-state index contributed by atoms with van der Waals surface area (Å²) in [6, 6.07) is 16.4. The van der Waals surface area contributed by atoms with Crippen LogP contribution in [0.25, 0.3) is 21.7 Å². The number of fused-ring (bicyclic) bond motifs is 1. The van der Waals surface area contributed by atoms with Crippen LogP contribution in [0.5, 0.6) is 0 Å². The molecular weight excluding hydrogens is 386 g/mol. The fraction of sp³-hybridized carbons (Fsp3) is 0.261. The van der Waals surface area contributed by atoms with Gasteiger partial charge in [0.05, 0.1) is 12.3 Å². The van der Waals surface area contributed by atoms with E-state index in [0.29, 0.717) is 0 Å². The van der Waals surface area contributed by atoms with E-state index in [1.807, 2.05) is 24.3 Å². The van der Waals surface area contributed by atoms with Crippen LogP contribution < -0.4 is 0 Å². The van der Waals surface area contributed by atoms with Gasteiger partial charge in [-0.25, -0.2) is 4.98 Å². The van der Waals surface area contributed by atoms with Gasteiger partial charge in [0.1, 0.15) is 5.58 Å². The summed E-state index contributed by atoms with van der Waals surface area (Å²) in [4.78, 5) is 5.88. The first-order chi connectivity index (χ1) is 13.4. The van der Waals surface area contributed by atoms with Crippen molar-refractivity contribution < 1.29 is 9.52 Å². The van der Waals surface area contributed by atoms with Gasteiger partial charge in [-0.2, -0.15) is 0 Å². The highest BCUT2D eigenvalue weighted by atomic mass is 32.2. The molecule has 2 aromatic carbocycles. The van der Waals surface area contributed by atoms with Gasteiger partial charge in [-0.05, 0) is 35.4 Å². The van der Waals surface area contributed by atoms with Gasteiger partial charge in [-0.15, -0.1) is 23.1 Å². The van der Waals surface area contributed by atoms with Crippen molar-refractivity contribution in [2.45, 2.75) is 43.4 Å². The van der Waals surface area contributed by atoms with Crippen molar-refractivity contribution in [3.8, 4) is 10.8 Å². The summed E-state index contributed by atoms with van der Waals surface area (Å²) in [5, 5.41) is 13.6. The molecule has 144 valence electrons. The minimum Gasteiger partial charge on any atom is -0.454 e. The number of furan rings is 1. The molecule has 5 heteroatoms. The predicted octanol–water partition coefficient (Wildman–Crippen LogP) is 6.64. The van der Waals surface area contributed by atoms with Crippen LogP contribution in [0.15, 0.2) is 63.2 Å². The van der Waals surface area contributed by atoms with Crippen molar-refractivity contribution in [3.05, 3.63) is 70.7 Å². The van der Waals surface area contributed by atoms with E-state index < -0.39 is 0 Å². The smallest absolute Gasteiger partial charge is 0.164 e. The molecule has 0 aliphatic heterocycles. The third kappa shape index (κ3) is 4.02. The summed E-state index contributed by atoms with van der Waals surface area (Å²) in [6.07, 6.45) is 0. The molecule has 0 aliphatic rings. The van der Waals surface area contributed by atoms with Crippen molar-refractivity contribution in [2.75, 3.05) is 0 Å². The van der Waals surface area contributed by atoms with Crippen molar-refractivity contribution in [1.29, 1.82) is 0 Å². The first-order valence-corrected chi connectivity index (χ1v) is 11.1. The predicted molar refractivity (Wildman–Crippen MR) is 118 cm³/mol. The number of nitrogens with zero attached hydrogens (tertiary/aromatic N) is 1. The van der Waals surface area contributed by atoms with Crippen LogP contribution in [-0.2, 0) is 17.8 Å². The Kier molecular flexibility index (Phi) is 5.32. The number of rotatable bonds is 5. The number of aliphatic hydroxyl groups excluding tert-OH is 1. The van der Waals surface area contributed by atoms with Crippen molar-refractivity contribution >= 4 is 34.1 Å². The highest BCUT2D eigenvalue weighted by Crippen LogP contribution is 2.34. The van der Waals surface area contributed by atoms with E-state index in [-0.39, 0.29) is 12.0 Å². The van der Waals surface area contributed by atoms with Crippen LogP contribution in [0, 0.1) is 0 Å². The average Bonchev–Trinajstić information content (AvgIpc) is 3.32. The maximum atomic E-state index is 9.49. The Labute approximate surface area is 173 Å². The molecule has 0 atom stereocenters. The fourth-order valence-corrected chi connectivity index (χ4v) is 4.95. The molecule has 0 aliphatic carbocycles. The fourth-order valence-electron chi connectivity index (χ4n) is 2.96. The van der Waals surface area contributed by atoms with Crippen LogP contribution >= 0.6 is 23.1 Å². The second-order valence-electron chi connectivity index (χ2n) is 7.83. The third-order valence-corrected chi connectivity index (χ3v) is 6.65. The molecule has 0 spiro atoms. The van der Waals surface area contributed by atoms with Gasteiger partial charge in [-0.3, -0.25) is 0 Å². The number of benzene rings is 2. The first kappa shape index (κ1) is 19.2. The van der Waals surface area contributed by atoms with Gasteiger partial charge in [0.15, 0.2) is 10.8 Å². The minimum atomic E-state index is 0.0377. The molecular formula is C23H23NO2S2. The Morgan fingerprint density at radius 1 is 1.11 bits per heavy atom. The van der Waals surface area contributed by atoms with Gasteiger partial charge in [0.25, 0.3) is 0 Å². The third-order valence-electron chi connectivity index (χ3n) is 4.60. The number of aliphatic hydroxyl groups is 1. The van der Waals surface area contributed by atoms with E-state index in [9.17, 15) is 5.11 Å². The van der Waals surface area contributed by atoms with E-state index in [0.717, 1.165) is 43.6 Å². The Morgan fingerprint density at radius 3 is 2.68 bits per heavy atom. The summed E-state index contributed by atoms with van der Waals surface area (Å²) in [7, 11) is 0. The molecule has 1 N–H and O–H groups in total. The summed E-state index contributed by atoms with van der Waals surface area (Å²) in [5.41, 5.74) is 4.21. The summed E-state index contributed by atoms with van der Waals surface area (Å²) < 4.78 is 6.04. The van der Waals surface area contributed by atoms with Crippen LogP contribution in [0.4, 0.5) is 0 Å². The number of hydrogen-bond acceptors (Lipinski definition) is 5. The van der Waals surface area contributed by atoms with Gasteiger partial charge in [0, 0.05) is 26.8 Å². The summed E-state index contributed by atoms with van der Waals surface area (Å²) in [6.45, 7) is 6.58. The zero-order valence-corrected chi connectivity index (χ0v) is 17.9. The molecule has 3 nitrogen and oxygen atoms in total. The lowest BCUT2D eigenvalue weighted by Gasteiger charge is -2.13. The topological polar surface area (TPSA) is 46.3 Å². The van der Waals surface area contributed by atoms with Crippen LogP contribution in [-0.4, -0.2) is 10.1 Å². The van der Waals surface area contributed by atoms with E-state index in [1.165, 1.54) is 5.56 Å². The Bertz CT molecular complexity index is 1110. The standard InChI is InChI=1S/C23H23NO2S2/c1-23(2,3)21-14-28-22(24-21)19-11-17-10-15(8-9-18(17)26-19)13-27-20-7-5-4-6-16(20)12-25/h4-11,14,25H,12-13H2,1-3H3. The second kappa shape index (κ2) is 7.74. The first-order valence-electron chi connectivity index (χ1n) is 9.24. The lowest BCUT2D eigenvalue weighted by molar-refractivity contribution is 0.279. The van der Waals surface area contributed by atoms with Crippen LogP contribution in [0.3, 0.4) is 0 Å². The molecule has 0 saturated carbocycles. The second-order valence-corrected chi connectivity index (χ2v) is 9.70. The minimum absolute atomic E-state index is 0.0377. The van der Waals surface area contributed by atoms with E-state index in [4.69, 9.17) is 9.40 Å². The highest BCUT2D eigenvalue weighted by molar-refractivity contribution is 7.98. The summed E-state index contributed by atoms with van der Waals surface area (Å²) in [5.74, 6) is 1.67. The Hall–Kier alpha value is -2.08. The maximum absolute atomic E-state index is 9.49. The highest BCUT2D eigenvalue weighted by Gasteiger charge is 2.19. The molecule has 2 aromatic heterocycles. The van der Waals surface area contributed by atoms with Gasteiger partial charge < -0.3 is 9.52 Å². The molecule has 0 unspecified atom stereocenters. The number of hydrogen-bond donors (Lipinski definition) is 1. The lowest BCUT2D eigenvalue weighted by Crippen LogP contribution is -2.11. The Morgan fingerprint density at radius 2 is 1.93 bits per heavy atom. The van der Waals surface area contributed by atoms with Gasteiger partial charge >= 0.3 is 0 Å². The molecule has 28 heavy (non-hydrogen) atoms. The SMILES string of the molecule is CC(C)(C)c1csc(-c2cc3cc(CSc4ccccc4CO)ccc3o2)n1. The molecule has 0 radical (unpaired) electrons. The van der Waals surface area contributed by atoms with Gasteiger partial charge in [0.2, 0.25) is 0 Å². The number of thiazole rings is 1. The van der Waals surface area contributed by atoms with E-state index >= 15 is 0 Å². The van der Waals surface area contributed by atoms with Crippen molar-refractivity contribution in [3.63, 3.8) is 0 Å². The van der Waals surface area contributed by atoms with Crippen molar-refractivity contribution in [1.82, 2.24) is 4.98 Å². The number of aromatic nitrogens is 1. The quantitative estimate of drug-likeness (QED) is 0.375. The van der Waals surface area contributed by atoms with Gasteiger partial charge in [-0.1, -0.05) is 45.0 Å². The Balaban J connectivity index is 1.56. The molecule has 2 heterocycles. The normalized spacial score (nSPS) is 12.0. The lowest BCUT2D eigenvalue weighted by atomic mass is 9.93. The van der Waals surface area contributed by atoms with E-state index in [1.54, 1.807) is 23.1 Å². The maximum Gasteiger partial charge on any atom is 0.164 e. The van der Waals surface area contributed by atoms with Crippen LogP contribution in [0.1, 0.15) is 37.6 Å². The summed E-state index contributed by atoms with van der Waals surface area (Å²) >= 11 is 3.37. The van der Waals surface area contributed by atoms with E-state index in [2.05, 4.69) is 50.4 Å². The monoisotopic (exact) mass is 409 g/mol.